The molecule has 3 rings (SSSR count). The fourth-order valence-electron chi connectivity index (χ4n) is 2.93. The van der Waals surface area contributed by atoms with Crippen LogP contribution in [0.3, 0.4) is 0 Å². The maximum absolute atomic E-state index is 11.8. The Morgan fingerprint density at radius 2 is 1.83 bits per heavy atom. The van der Waals surface area contributed by atoms with Crippen molar-refractivity contribution < 1.29 is 9.53 Å². The smallest absolute Gasteiger partial charge is 0.325 e. The van der Waals surface area contributed by atoms with Gasteiger partial charge in [0.2, 0.25) is 0 Å². The first-order valence-electron chi connectivity index (χ1n) is 7.64. The van der Waals surface area contributed by atoms with Crippen LogP contribution in [-0.4, -0.2) is 30.4 Å². The SMILES string of the molecule is COC(=O)CN1C(C)=Nc2ccccc2[C@@H]1c1ccc(C)cc1. The van der Waals surface area contributed by atoms with E-state index in [-0.39, 0.29) is 18.6 Å². The monoisotopic (exact) mass is 308 g/mol. The molecule has 1 aliphatic heterocycles. The molecule has 2 aromatic rings. The molecule has 0 radical (unpaired) electrons. The molecule has 0 spiro atoms. The molecule has 1 heterocycles. The Morgan fingerprint density at radius 3 is 2.52 bits per heavy atom. The molecule has 0 saturated carbocycles. The molecule has 0 unspecified atom stereocenters. The van der Waals surface area contributed by atoms with Gasteiger partial charge in [0, 0.05) is 5.56 Å². The highest BCUT2D eigenvalue weighted by Gasteiger charge is 2.30. The third-order valence-corrected chi connectivity index (χ3v) is 4.16. The van der Waals surface area contributed by atoms with Gasteiger partial charge in [-0.25, -0.2) is 4.99 Å². The van der Waals surface area contributed by atoms with Gasteiger partial charge < -0.3 is 9.64 Å². The van der Waals surface area contributed by atoms with Crippen molar-refractivity contribution in [3.8, 4) is 0 Å². The van der Waals surface area contributed by atoms with E-state index in [4.69, 9.17) is 4.74 Å². The average molecular weight is 308 g/mol. The fourth-order valence-corrected chi connectivity index (χ4v) is 2.93. The lowest BCUT2D eigenvalue weighted by molar-refractivity contribution is -0.141. The molecule has 2 aromatic carbocycles. The highest BCUT2D eigenvalue weighted by molar-refractivity contribution is 5.89. The molecular formula is C19H20N2O2. The predicted octanol–water partition coefficient (Wildman–Crippen LogP) is 3.62. The number of rotatable bonds is 3. The summed E-state index contributed by atoms with van der Waals surface area (Å²) in [6.45, 7) is 4.18. The number of amidine groups is 1. The summed E-state index contributed by atoms with van der Waals surface area (Å²) in [7, 11) is 1.41. The number of methoxy groups -OCH3 is 1. The Bertz CT molecular complexity index is 750. The average Bonchev–Trinajstić information content (AvgIpc) is 2.56. The second-order valence-electron chi connectivity index (χ2n) is 5.74. The summed E-state index contributed by atoms with van der Waals surface area (Å²) in [5, 5.41) is 0. The second-order valence-corrected chi connectivity index (χ2v) is 5.74. The van der Waals surface area contributed by atoms with Crippen molar-refractivity contribution in [2.75, 3.05) is 13.7 Å². The van der Waals surface area contributed by atoms with Crippen molar-refractivity contribution >= 4 is 17.5 Å². The van der Waals surface area contributed by atoms with E-state index in [2.05, 4.69) is 42.2 Å². The molecule has 0 N–H and O–H groups in total. The van der Waals surface area contributed by atoms with Gasteiger partial charge in [-0.15, -0.1) is 0 Å². The van der Waals surface area contributed by atoms with Crippen LogP contribution in [0.2, 0.25) is 0 Å². The van der Waals surface area contributed by atoms with Gasteiger partial charge in [0.15, 0.2) is 0 Å². The number of nitrogens with zero attached hydrogens (tertiary/aromatic N) is 2. The summed E-state index contributed by atoms with van der Waals surface area (Å²) in [6.07, 6.45) is 0. The number of carbonyl (C=O) groups is 1. The second kappa shape index (κ2) is 6.24. The number of esters is 1. The number of ether oxygens (including phenoxy) is 1. The van der Waals surface area contributed by atoms with Gasteiger partial charge in [0.25, 0.3) is 0 Å². The molecule has 1 atom stereocenters. The molecule has 0 aromatic heterocycles. The number of benzene rings is 2. The Balaban J connectivity index is 2.10. The number of fused-ring (bicyclic) bond motifs is 1. The number of para-hydroxylation sites is 1. The van der Waals surface area contributed by atoms with Gasteiger partial charge in [0.1, 0.15) is 12.4 Å². The van der Waals surface area contributed by atoms with Gasteiger partial charge in [0.05, 0.1) is 18.8 Å². The van der Waals surface area contributed by atoms with Gasteiger partial charge in [-0.05, 0) is 25.5 Å². The Morgan fingerprint density at radius 1 is 1.13 bits per heavy atom. The third-order valence-electron chi connectivity index (χ3n) is 4.16. The van der Waals surface area contributed by atoms with Gasteiger partial charge in [-0.3, -0.25) is 4.79 Å². The summed E-state index contributed by atoms with van der Waals surface area (Å²) < 4.78 is 4.86. The first-order valence-corrected chi connectivity index (χ1v) is 7.64. The maximum Gasteiger partial charge on any atom is 0.325 e. The number of hydrogen-bond donors (Lipinski definition) is 0. The van der Waals surface area contributed by atoms with Crippen LogP contribution in [0.25, 0.3) is 0 Å². The molecule has 1 aliphatic rings. The minimum Gasteiger partial charge on any atom is -0.468 e. The topological polar surface area (TPSA) is 41.9 Å². The van der Waals surface area contributed by atoms with E-state index in [0.29, 0.717) is 0 Å². The molecule has 0 saturated heterocycles. The molecule has 23 heavy (non-hydrogen) atoms. The molecular weight excluding hydrogens is 288 g/mol. The summed E-state index contributed by atoms with van der Waals surface area (Å²) in [6, 6.07) is 16.4. The quantitative estimate of drug-likeness (QED) is 0.813. The summed E-state index contributed by atoms with van der Waals surface area (Å²) in [4.78, 5) is 18.5. The van der Waals surface area contributed by atoms with Crippen molar-refractivity contribution in [1.29, 1.82) is 0 Å². The van der Waals surface area contributed by atoms with E-state index < -0.39 is 0 Å². The van der Waals surface area contributed by atoms with Crippen LogP contribution in [0, 0.1) is 6.92 Å². The van der Waals surface area contributed by atoms with Crippen LogP contribution in [0.4, 0.5) is 5.69 Å². The molecule has 4 nitrogen and oxygen atoms in total. The van der Waals surface area contributed by atoms with Crippen molar-refractivity contribution in [3.63, 3.8) is 0 Å². The van der Waals surface area contributed by atoms with Crippen molar-refractivity contribution in [2.24, 2.45) is 4.99 Å². The minimum atomic E-state index is -0.268. The van der Waals surface area contributed by atoms with Crippen LogP contribution in [-0.2, 0) is 9.53 Å². The van der Waals surface area contributed by atoms with E-state index in [0.717, 1.165) is 22.6 Å². The largest absolute Gasteiger partial charge is 0.468 e. The van der Waals surface area contributed by atoms with E-state index in [9.17, 15) is 4.79 Å². The number of aryl methyl sites for hydroxylation is 1. The predicted molar refractivity (Wildman–Crippen MR) is 91.0 cm³/mol. The fraction of sp³-hybridized carbons (Fsp3) is 0.263. The van der Waals surface area contributed by atoms with E-state index >= 15 is 0 Å². The van der Waals surface area contributed by atoms with E-state index in [1.54, 1.807) is 0 Å². The van der Waals surface area contributed by atoms with Crippen LogP contribution >= 0.6 is 0 Å². The van der Waals surface area contributed by atoms with Crippen LogP contribution < -0.4 is 0 Å². The first kappa shape index (κ1) is 15.3. The number of aliphatic imine (C=N–C) groups is 1. The summed E-state index contributed by atoms with van der Waals surface area (Å²) in [5.74, 6) is 0.552. The van der Waals surface area contributed by atoms with E-state index in [1.165, 1.54) is 12.7 Å². The molecule has 0 bridgehead atoms. The highest BCUT2D eigenvalue weighted by atomic mass is 16.5. The van der Waals surface area contributed by atoms with Crippen LogP contribution in [0.1, 0.15) is 29.7 Å². The number of carbonyl (C=O) groups excluding carboxylic acids is 1. The summed E-state index contributed by atoms with van der Waals surface area (Å²) in [5.41, 5.74) is 4.41. The van der Waals surface area contributed by atoms with Gasteiger partial charge in [-0.1, -0.05) is 48.0 Å². The van der Waals surface area contributed by atoms with Crippen LogP contribution in [0.5, 0.6) is 0 Å². The zero-order valence-electron chi connectivity index (χ0n) is 13.6. The molecule has 0 aliphatic carbocycles. The molecule has 118 valence electrons. The van der Waals surface area contributed by atoms with Crippen molar-refractivity contribution in [1.82, 2.24) is 4.90 Å². The summed E-state index contributed by atoms with van der Waals surface area (Å²) >= 11 is 0. The Kier molecular flexibility index (Phi) is 4.15. The standard InChI is InChI=1S/C19H20N2O2/c1-13-8-10-15(11-9-13)19-16-6-4-5-7-17(16)20-14(2)21(19)12-18(22)23-3/h4-11,19H,12H2,1-3H3/t19-/m0/s1. The lowest BCUT2D eigenvalue weighted by Crippen LogP contribution is -2.40. The van der Waals surface area contributed by atoms with E-state index in [1.807, 2.05) is 30.0 Å². The zero-order valence-corrected chi connectivity index (χ0v) is 13.6. The zero-order chi connectivity index (χ0) is 16.4. The maximum atomic E-state index is 11.8. The molecule has 0 fully saturated rings. The number of hydrogen-bond acceptors (Lipinski definition) is 4. The Hall–Kier alpha value is -2.62. The Labute approximate surface area is 136 Å². The van der Waals surface area contributed by atoms with Crippen molar-refractivity contribution in [3.05, 3.63) is 65.2 Å². The lowest BCUT2D eigenvalue weighted by Gasteiger charge is -2.37. The first-order chi connectivity index (χ1) is 11.1. The lowest BCUT2D eigenvalue weighted by atomic mass is 9.93. The highest BCUT2D eigenvalue weighted by Crippen LogP contribution is 2.38. The molecule has 4 heteroatoms. The van der Waals surface area contributed by atoms with Gasteiger partial charge >= 0.3 is 5.97 Å². The van der Waals surface area contributed by atoms with Gasteiger partial charge in [-0.2, -0.15) is 0 Å². The van der Waals surface area contributed by atoms with Crippen molar-refractivity contribution in [2.45, 2.75) is 19.9 Å². The normalized spacial score (nSPS) is 16.6. The third kappa shape index (κ3) is 2.97. The van der Waals surface area contributed by atoms with Crippen LogP contribution in [0.15, 0.2) is 53.5 Å². The minimum absolute atomic E-state index is 0.0385. The molecule has 0 amide bonds.